The Labute approximate surface area is 189 Å². The van der Waals surface area contributed by atoms with Crippen molar-refractivity contribution in [1.82, 2.24) is 4.98 Å². The van der Waals surface area contributed by atoms with E-state index in [4.69, 9.17) is 11.6 Å². The molecule has 4 aromatic rings. The second kappa shape index (κ2) is 8.30. The van der Waals surface area contributed by atoms with E-state index in [1.807, 2.05) is 26.0 Å². The zero-order chi connectivity index (χ0) is 22.2. The van der Waals surface area contributed by atoms with Gasteiger partial charge < -0.3 is 0 Å². The van der Waals surface area contributed by atoms with Gasteiger partial charge in [0.1, 0.15) is 0 Å². The van der Waals surface area contributed by atoms with E-state index in [2.05, 4.69) is 15.0 Å². The van der Waals surface area contributed by atoms with Gasteiger partial charge in [-0.15, -0.1) is 0 Å². The Morgan fingerprint density at radius 1 is 0.968 bits per heavy atom. The van der Waals surface area contributed by atoms with Gasteiger partial charge in [0.05, 0.1) is 26.4 Å². The number of carbonyl (C=O) groups is 1. The fourth-order valence-corrected chi connectivity index (χ4v) is 5.28. The summed E-state index contributed by atoms with van der Waals surface area (Å²) in [4.78, 5) is 17.5. The van der Waals surface area contributed by atoms with Gasteiger partial charge in [0.25, 0.3) is 15.9 Å². The van der Waals surface area contributed by atoms with Gasteiger partial charge in [-0.05, 0) is 61.4 Å². The minimum absolute atomic E-state index is 0.0456. The highest BCUT2D eigenvalue weighted by molar-refractivity contribution is 7.92. The molecule has 0 radical (unpaired) electrons. The zero-order valence-corrected chi connectivity index (χ0v) is 19.0. The Morgan fingerprint density at radius 3 is 2.35 bits per heavy atom. The summed E-state index contributed by atoms with van der Waals surface area (Å²) in [5.74, 6) is -0.455. The number of anilines is 2. The third-order valence-corrected chi connectivity index (χ3v) is 7.44. The molecule has 0 saturated heterocycles. The van der Waals surface area contributed by atoms with Crippen LogP contribution in [0.5, 0.6) is 0 Å². The van der Waals surface area contributed by atoms with Gasteiger partial charge in [-0.25, -0.2) is 13.4 Å². The number of para-hydroxylation sites is 1. The molecule has 1 aromatic heterocycles. The van der Waals surface area contributed by atoms with E-state index in [1.54, 1.807) is 18.2 Å². The molecule has 4 rings (SSSR count). The number of nitrogens with zero attached hydrogens (tertiary/aromatic N) is 1. The lowest BCUT2D eigenvalue weighted by atomic mass is 10.1. The third kappa shape index (κ3) is 4.41. The van der Waals surface area contributed by atoms with Crippen molar-refractivity contribution >= 4 is 59.9 Å². The number of hydrogen-bond donors (Lipinski definition) is 2. The topological polar surface area (TPSA) is 88.2 Å². The minimum Gasteiger partial charge on any atom is -0.298 e. The fourth-order valence-electron chi connectivity index (χ4n) is 3.06. The molecule has 0 fully saturated rings. The second-order valence-electron chi connectivity index (χ2n) is 6.96. The van der Waals surface area contributed by atoms with Crippen molar-refractivity contribution in [3.63, 3.8) is 0 Å². The molecule has 158 valence electrons. The third-order valence-electron chi connectivity index (χ3n) is 4.70. The summed E-state index contributed by atoms with van der Waals surface area (Å²) < 4.78 is 29.0. The van der Waals surface area contributed by atoms with Crippen LogP contribution in [0.25, 0.3) is 10.2 Å². The lowest BCUT2D eigenvalue weighted by molar-refractivity contribution is 0.102. The Hall–Kier alpha value is -2.94. The van der Waals surface area contributed by atoms with Crippen molar-refractivity contribution in [3.05, 3.63) is 82.4 Å². The maximum atomic E-state index is 13.0. The molecule has 2 N–H and O–H groups in total. The number of nitrogens with one attached hydrogen (secondary N) is 2. The van der Waals surface area contributed by atoms with Gasteiger partial charge in [0.15, 0.2) is 5.13 Å². The lowest BCUT2D eigenvalue weighted by Crippen LogP contribution is -2.18. The summed E-state index contributed by atoms with van der Waals surface area (Å²) in [5.41, 5.74) is 3.30. The van der Waals surface area contributed by atoms with Crippen LogP contribution >= 0.6 is 22.9 Å². The van der Waals surface area contributed by atoms with E-state index in [9.17, 15) is 13.2 Å². The number of fused-ring (bicyclic) bond motifs is 1. The Kier molecular flexibility index (Phi) is 5.70. The fraction of sp³-hybridized carbons (Fsp3) is 0.0909. The zero-order valence-electron chi connectivity index (χ0n) is 16.6. The molecule has 0 unspecified atom stereocenters. The number of aryl methyl sites for hydroxylation is 2. The quantitative estimate of drug-likeness (QED) is 0.395. The summed E-state index contributed by atoms with van der Waals surface area (Å²) in [6, 6.07) is 16.2. The Morgan fingerprint density at radius 2 is 1.65 bits per heavy atom. The first-order valence-electron chi connectivity index (χ1n) is 9.30. The van der Waals surface area contributed by atoms with Gasteiger partial charge in [-0.3, -0.25) is 14.8 Å². The van der Waals surface area contributed by atoms with Crippen LogP contribution in [0.1, 0.15) is 21.5 Å². The van der Waals surface area contributed by atoms with E-state index < -0.39 is 15.9 Å². The van der Waals surface area contributed by atoms with Crippen molar-refractivity contribution in [2.75, 3.05) is 10.0 Å². The predicted octanol–water partition coefficient (Wildman–Crippen LogP) is 5.62. The summed E-state index contributed by atoms with van der Waals surface area (Å²) in [6.07, 6.45) is 0. The standard InChI is InChI=1S/C22H18ClN3O3S2/c1-13-7-8-14(2)20-19(13)24-22(30-20)25-21(27)17-5-3-4-6-18(17)26-31(28,29)16-11-9-15(23)10-12-16/h3-12,26H,1-2H3,(H,24,25,27). The van der Waals surface area contributed by atoms with Crippen molar-refractivity contribution in [3.8, 4) is 0 Å². The van der Waals surface area contributed by atoms with E-state index in [1.165, 1.54) is 41.7 Å². The van der Waals surface area contributed by atoms with Crippen molar-refractivity contribution < 1.29 is 13.2 Å². The molecule has 0 aliphatic carbocycles. The first kappa shape index (κ1) is 21.3. The number of thiazole rings is 1. The number of carbonyl (C=O) groups excluding carboxylic acids is 1. The van der Waals surface area contributed by atoms with Crippen molar-refractivity contribution in [1.29, 1.82) is 0 Å². The molecule has 0 spiro atoms. The molecule has 31 heavy (non-hydrogen) atoms. The average molecular weight is 472 g/mol. The molecule has 0 saturated carbocycles. The van der Waals surface area contributed by atoms with E-state index in [0.29, 0.717) is 10.2 Å². The van der Waals surface area contributed by atoms with E-state index in [-0.39, 0.29) is 16.1 Å². The maximum Gasteiger partial charge on any atom is 0.261 e. The van der Waals surface area contributed by atoms with Crippen molar-refractivity contribution in [2.24, 2.45) is 0 Å². The largest absolute Gasteiger partial charge is 0.298 e. The number of benzene rings is 3. The molecule has 6 nitrogen and oxygen atoms in total. The number of sulfonamides is 1. The number of aromatic nitrogens is 1. The molecular formula is C22H18ClN3O3S2. The maximum absolute atomic E-state index is 13.0. The van der Waals surface area contributed by atoms with Crippen LogP contribution in [0.2, 0.25) is 5.02 Å². The Balaban J connectivity index is 1.62. The molecule has 1 amide bonds. The summed E-state index contributed by atoms with van der Waals surface area (Å²) in [5, 5.41) is 3.67. The van der Waals surface area contributed by atoms with Crippen LogP contribution < -0.4 is 10.0 Å². The molecule has 0 atom stereocenters. The molecule has 9 heteroatoms. The first-order chi connectivity index (χ1) is 14.7. The molecule has 0 bridgehead atoms. The second-order valence-corrected chi connectivity index (χ2v) is 10.1. The number of amides is 1. The highest BCUT2D eigenvalue weighted by Gasteiger charge is 2.20. The van der Waals surface area contributed by atoms with Crippen LogP contribution in [0.3, 0.4) is 0 Å². The van der Waals surface area contributed by atoms with Gasteiger partial charge in [-0.2, -0.15) is 0 Å². The van der Waals surface area contributed by atoms with Gasteiger partial charge in [-0.1, -0.05) is 47.2 Å². The van der Waals surface area contributed by atoms with E-state index in [0.717, 1.165) is 21.3 Å². The van der Waals surface area contributed by atoms with Crippen LogP contribution in [-0.4, -0.2) is 19.3 Å². The summed E-state index contributed by atoms with van der Waals surface area (Å²) in [6.45, 7) is 3.96. The highest BCUT2D eigenvalue weighted by atomic mass is 35.5. The monoisotopic (exact) mass is 471 g/mol. The van der Waals surface area contributed by atoms with Gasteiger partial charge >= 0.3 is 0 Å². The molecule has 3 aromatic carbocycles. The normalized spacial score (nSPS) is 11.5. The average Bonchev–Trinajstić information content (AvgIpc) is 3.16. The van der Waals surface area contributed by atoms with E-state index >= 15 is 0 Å². The Bertz CT molecular complexity index is 1360. The highest BCUT2D eigenvalue weighted by Crippen LogP contribution is 2.31. The van der Waals surface area contributed by atoms with Crippen molar-refractivity contribution in [2.45, 2.75) is 18.7 Å². The SMILES string of the molecule is Cc1ccc(C)c2sc(NC(=O)c3ccccc3NS(=O)(=O)c3ccc(Cl)cc3)nc12. The van der Waals surface area contributed by atoms with Crippen LogP contribution in [-0.2, 0) is 10.0 Å². The molecule has 0 aliphatic rings. The number of halogens is 1. The number of rotatable bonds is 5. The summed E-state index contributed by atoms with van der Waals surface area (Å²) >= 11 is 7.23. The van der Waals surface area contributed by atoms with Gasteiger partial charge in [0, 0.05) is 5.02 Å². The van der Waals surface area contributed by atoms with Crippen LogP contribution in [0.15, 0.2) is 65.6 Å². The lowest BCUT2D eigenvalue weighted by Gasteiger charge is -2.12. The molecule has 0 aliphatic heterocycles. The minimum atomic E-state index is -3.89. The van der Waals surface area contributed by atoms with Crippen LogP contribution in [0, 0.1) is 13.8 Å². The van der Waals surface area contributed by atoms with Crippen LogP contribution in [0.4, 0.5) is 10.8 Å². The smallest absolute Gasteiger partial charge is 0.261 e. The summed E-state index contributed by atoms with van der Waals surface area (Å²) in [7, 11) is -3.89. The predicted molar refractivity (Wildman–Crippen MR) is 126 cm³/mol. The molecular weight excluding hydrogens is 454 g/mol. The number of hydrogen-bond acceptors (Lipinski definition) is 5. The van der Waals surface area contributed by atoms with Gasteiger partial charge in [0.2, 0.25) is 0 Å². The molecule has 1 heterocycles. The first-order valence-corrected chi connectivity index (χ1v) is 12.0.